The monoisotopic (exact) mass is 354 g/mol. The summed E-state index contributed by atoms with van der Waals surface area (Å²) in [4.78, 5) is 12.9. The van der Waals surface area contributed by atoms with Crippen LogP contribution < -0.4 is 5.43 Å². The first kappa shape index (κ1) is 17.4. The van der Waals surface area contributed by atoms with E-state index in [1.807, 2.05) is 19.9 Å². The van der Waals surface area contributed by atoms with Gasteiger partial charge < -0.3 is 24.8 Å². The van der Waals surface area contributed by atoms with Crippen LogP contribution in [0.15, 0.2) is 51.4 Å². The first-order chi connectivity index (χ1) is 12.3. The Kier molecular flexibility index (Phi) is 4.34. The van der Waals surface area contributed by atoms with E-state index < -0.39 is 5.43 Å². The van der Waals surface area contributed by atoms with Crippen molar-refractivity contribution in [2.24, 2.45) is 0 Å². The first-order valence-electron chi connectivity index (χ1n) is 7.94. The SMILES string of the molecule is CC(C)=CCc1c(O)cc2occ(-c3ccc(O)c(O)c3)c(=O)c2c1O. The summed E-state index contributed by atoms with van der Waals surface area (Å²) in [5.41, 5.74) is 1.22. The van der Waals surface area contributed by atoms with Gasteiger partial charge in [0.05, 0.1) is 5.56 Å². The van der Waals surface area contributed by atoms with Gasteiger partial charge in [-0.25, -0.2) is 0 Å². The van der Waals surface area contributed by atoms with Gasteiger partial charge in [0.25, 0.3) is 0 Å². The average Bonchev–Trinajstić information content (AvgIpc) is 2.57. The van der Waals surface area contributed by atoms with Crippen molar-refractivity contribution in [3.05, 3.63) is 58.0 Å². The number of aromatic hydroxyl groups is 4. The highest BCUT2D eigenvalue weighted by Gasteiger charge is 2.19. The maximum Gasteiger partial charge on any atom is 0.204 e. The van der Waals surface area contributed by atoms with Gasteiger partial charge in [-0.2, -0.15) is 0 Å². The van der Waals surface area contributed by atoms with Crippen molar-refractivity contribution in [2.45, 2.75) is 20.3 Å². The molecule has 1 heterocycles. The van der Waals surface area contributed by atoms with E-state index in [2.05, 4.69) is 0 Å². The zero-order chi connectivity index (χ0) is 19.0. The van der Waals surface area contributed by atoms with Gasteiger partial charge in [-0.1, -0.05) is 17.7 Å². The van der Waals surface area contributed by atoms with Gasteiger partial charge in [-0.05, 0) is 38.0 Å². The van der Waals surface area contributed by atoms with Crippen molar-refractivity contribution >= 4 is 11.0 Å². The van der Waals surface area contributed by atoms with Crippen molar-refractivity contribution in [1.29, 1.82) is 0 Å². The molecule has 26 heavy (non-hydrogen) atoms. The predicted molar refractivity (Wildman–Crippen MR) is 97.7 cm³/mol. The Morgan fingerprint density at radius 1 is 1.04 bits per heavy atom. The highest BCUT2D eigenvalue weighted by atomic mass is 16.3. The minimum atomic E-state index is -0.507. The van der Waals surface area contributed by atoms with Gasteiger partial charge in [0.15, 0.2) is 11.5 Å². The maximum absolute atomic E-state index is 12.9. The molecule has 0 amide bonds. The van der Waals surface area contributed by atoms with E-state index in [4.69, 9.17) is 4.42 Å². The van der Waals surface area contributed by atoms with Crippen LogP contribution in [0.3, 0.4) is 0 Å². The fraction of sp³-hybridized carbons (Fsp3) is 0.150. The van der Waals surface area contributed by atoms with Gasteiger partial charge in [0, 0.05) is 11.6 Å². The van der Waals surface area contributed by atoms with Crippen molar-refractivity contribution in [2.75, 3.05) is 0 Å². The quantitative estimate of drug-likeness (QED) is 0.421. The number of hydrogen-bond acceptors (Lipinski definition) is 6. The molecular weight excluding hydrogens is 336 g/mol. The van der Waals surface area contributed by atoms with Gasteiger partial charge in [0.2, 0.25) is 5.43 Å². The van der Waals surface area contributed by atoms with E-state index in [-0.39, 0.29) is 51.5 Å². The Morgan fingerprint density at radius 3 is 2.42 bits per heavy atom. The van der Waals surface area contributed by atoms with Crippen LogP contribution in [-0.2, 0) is 6.42 Å². The first-order valence-corrected chi connectivity index (χ1v) is 7.94. The van der Waals surface area contributed by atoms with Crippen molar-refractivity contribution in [3.63, 3.8) is 0 Å². The number of rotatable bonds is 3. The molecule has 0 unspecified atom stereocenters. The Balaban J connectivity index is 2.26. The predicted octanol–water partition coefficient (Wildman–Crippen LogP) is 3.79. The lowest BCUT2D eigenvalue weighted by molar-refractivity contribution is 0.404. The molecule has 0 spiro atoms. The number of fused-ring (bicyclic) bond motifs is 1. The highest BCUT2D eigenvalue weighted by molar-refractivity contribution is 5.90. The third-order valence-electron chi connectivity index (χ3n) is 4.12. The molecule has 0 saturated carbocycles. The van der Waals surface area contributed by atoms with Crippen molar-refractivity contribution < 1.29 is 24.8 Å². The Labute approximate surface area is 148 Å². The summed E-state index contributed by atoms with van der Waals surface area (Å²) in [7, 11) is 0. The minimum absolute atomic E-state index is 0.0509. The molecule has 1 aromatic heterocycles. The third kappa shape index (κ3) is 2.97. The Hall–Kier alpha value is -3.41. The van der Waals surface area contributed by atoms with E-state index in [0.29, 0.717) is 5.56 Å². The lowest BCUT2D eigenvalue weighted by atomic mass is 10.0. The number of allylic oxidation sites excluding steroid dienone is 2. The molecule has 0 fully saturated rings. The zero-order valence-corrected chi connectivity index (χ0v) is 14.3. The summed E-state index contributed by atoms with van der Waals surface area (Å²) in [6.45, 7) is 3.78. The Morgan fingerprint density at radius 2 is 1.77 bits per heavy atom. The fourth-order valence-electron chi connectivity index (χ4n) is 2.69. The van der Waals surface area contributed by atoms with Crippen LogP contribution in [0.25, 0.3) is 22.1 Å². The smallest absolute Gasteiger partial charge is 0.204 e. The molecule has 2 aromatic carbocycles. The van der Waals surface area contributed by atoms with Gasteiger partial charge >= 0.3 is 0 Å². The van der Waals surface area contributed by atoms with Crippen LogP contribution in [-0.4, -0.2) is 20.4 Å². The van der Waals surface area contributed by atoms with E-state index >= 15 is 0 Å². The molecule has 6 heteroatoms. The normalized spacial score (nSPS) is 10.8. The number of hydrogen-bond donors (Lipinski definition) is 4. The number of phenols is 4. The summed E-state index contributed by atoms with van der Waals surface area (Å²) < 4.78 is 5.41. The summed E-state index contributed by atoms with van der Waals surface area (Å²) in [5.74, 6) is -1.18. The molecule has 0 saturated heterocycles. The van der Waals surface area contributed by atoms with E-state index in [9.17, 15) is 25.2 Å². The lowest BCUT2D eigenvalue weighted by Gasteiger charge is -2.10. The molecule has 3 aromatic rings. The Bertz CT molecular complexity index is 1090. The topological polar surface area (TPSA) is 111 Å². The van der Waals surface area contributed by atoms with Crippen LogP contribution in [0.4, 0.5) is 0 Å². The van der Waals surface area contributed by atoms with Crippen LogP contribution in [0.5, 0.6) is 23.0 Å². The largest absolute Gasteiger partial charge is 0.507 e. The van der Waals surface area contributed by atoms with E-state index in [0.717, 1.165) is 5.57 Å². The number of phenolic OH excluding ortho intramolecular Hbond substituents is 4. The molecule has 0 aliphatic heterocycles. The summed E-state index contributed by atoms with van der Waals surface area (Å²) >= 11 is 0. The van der Waals surface area contributed by atoms with Crippen molar-refractivity contribution in [3.8, 4) is 34.1 Å². The molecule has 6 nitrogen and oxygen atoms in total. The molecule has 0 radical (unpaired) electrons. The molecule has 4 N–H and O–H groups in total. The second-order valence-corrected chi connectivity index (χ2v) is 6.26. The van der Waals surface area contributed by atoms with Crippen LogP contribution >= 0.6 is 0 Å². The molecule has 0 aliphatic carbocycles. The van der Waals surface area contributed by atoms with Gasteiger partial charge in [0.1, 0.15) is 28.7 Å². The molecule has 0 atom stereocenters. The van der Waals surface area contributed by atoms with Gasteiger partial charge in [-0.3, -0.25) is 4.79 Å². The average molecular weight is 354 g/mol. The second kappa shape index (κ2) is 6.48. The van der Waals surface area contributed by atoms with Gasteiger partial charge in [-0.15, -0.1) is 0 Å². The maximum atomic E-state index is 12.9. The lowest BCUT2D eigenvalue weighted by Crippen LogP contribution is -2.06. The molecular formula is C20H18O6. The highest BCUT2D eigenvalue weighted by Crippen LogP contribution is 2.36. The summed E-state index contributed by atoms with van der Waals surface area (Å²) in [6, 6.07) is 5.23. The van der Waals surface area contributed by atoms with E-state index in [1.165, 1.54) is 30.5 Å². The second-order valence-electron chi connectivity index (χ2n) is 6.26. The number of benzene rings is 2. The minimum Gasteiger partial charge on any atom is -0.507 e. The third-order valence-corrected chi connectivity index (χ3v) is 4.12. The van der Waals surface area contributed by atoms with E-state index in [1.54, 1.807) is 0 Å². The van der Waals surface area contributed by atoms with Crippen LogP contribution in [0.1, 0.15) is 19.4 Å². The molecule has 0 aliphatic rings. The van der Waals surface area contributed by atoms with Crippen LogP contribution in [0, 0.1) is 0 Å². The molecule has 3 rings (SSSR count). The fourth-order valence-corrected chi connectivity index (χ4v) is 2.69. The molecule has 0 bridgehead atoms. The molecule has 134 valence electrons. The van der Waals surface area contributed by atoms with Crippen molar-refractivity contribution in [1.82, 2.24) is 0 Å². The standard InChI is InChI=1S/C20H18O6/c1-10(2)3-5-12-15(22)8-17-18(19(12)24)20(25)13(9-26-17)11-4-6-14(21)16(23)7-11/h3-4,6-9,21-24H,5H2,1-2H3. The zero-order valence-electron chi connectivity index (χ0n) is 14.3. The summed E-state index contributed by atoms with van der Waals surface area (Å²) in [6.07, 6.45) is 3.27. The van der Waals surface area contributed by atoms with Crippen LogP contribution in [0.2, 0.25) is 0 Å². The summed E-state index contributed by atoms with van der Waals surface area (Å²) in [5, 5.41) is 39.7.